The van der Waals surface area contributed by atoms with E-state index in [2.05, 4.69) is 20.3 Å². The number of rotatable bonds is 6. The van der Waals surface area contributed by atoms with Crippen LogP contribution in [0.1, 0.15) is 22.7 Å². The molecular weight excluding hydrogens is 338 g/mol. The second-order valence-electron chi connectivity index (χ2n) is 6.67. The molecule has 1 atom stereocenters. The number of hydrogen-bond donors (Lipinski definition) is 1. The van der Waals surface area contributed by atoms with E-state index in [0.717, 1.165) is 39.3 Å². The molecule has 2 saturated heterocycles. The van der Waals surface area contributed by atoms with Crippen molar-refractivity contribution in [1.82, 2.24) is 25.0 Å². The van der Waals surface area contributed by atoms with Crippen molar-refractivity contribution in [3.8, 4) is 0 Å². The first kappa shape index (κ1) is 17.2. The summed E-state index contributed by atoms with van der Waals surface area (Å²) >= 11 is 0. The summed E-state index contributed by atoms with van der Waals surface area (Å²) in [5, 5.41) is 7.05. The van der Waals surface area contributed by atoms with Crippen LogP contribution < -0.4 is 5.32 Å². The molecular formula is C17H23N5O4. The summed E-state index contributed by atoms with van der Waals surface area (Å²) in [5.41, 5.74) is -0.157. The Hall–Kier alpha value is -2.23. The third kappa shape index (κ3) is 3.64. The molecule has 1 amide bonds. The minimum Gasteiger partial charge on any atom is -0.454 e. The molecule has 0 radical (unpaired) electrons. The summed E-state index contributed by atoms with van der Waals surface area (Å²) < 4.78 is 18.4. The van der Waals surface area contributed by atoms with Gasteiger partial charge in [-0.2, -0.15) is 5.10 Å². The lowest BCUT2D eigenvalue weighted by Gasteiger charge is -2.42. The van der Waals surface area contributed by atoms with Gasteiger partial charge < -0.3 is 19.2 Å². The number of carbonyl (C=O) groups excluding carboxylic acids is 1. The van der Waals surface area contributed by atoms with Crippen molar-refractivity contribution in [2.45, 2.75) is 18.5 Å². The number of morpholine rings is 1. The maximum atomic E-state index is 12.5. The van der Waals surface area contributed by atoms with Gasteiger partial charge in [0, 0.05) is 26.2 Å². The van der Waals surface area contributed by atoms with Crippen LogP contribution >= 0.6 is 0 Å². The zero-order valence-corrected chi connectivity index (χ0v) is 14.6. The highest BCUT2D eigenvalue weighted by Crippen LogP contribution is 2.26. The SMILES string of the molecule is O=C(NCC1(N2CCOCC2)CCOC1)c1ccc(Cn2cncn2)o1. The lowest BCUT2D eigenvalue weighted by Crippen LogP contribution is -2.59. The van der Waals surface area contributed by atoms with E-state index in [1.54, 1.807) is 23.1 Å². The maximum absolute atomic E-state index is 12.5. The fraction of sp³-hybridized carbons (Fsp3) is 0.588. The molecule has 0 aliphatic carbocycles. The van der Waals surface area contributed by atoms with Crippen LogP contribution in [0.3, 0.4) is 0 Å². The van der Waals surface area contributed by atoms with Crippen molar-refractivity contribution in [2.24, 2.45) is 0 Å². The first-order chi connectivity index (χ1) is 12.8. The van der Waals surface area contributed by atoms with Gasteiger partial charge in [0.15, 0.2) is 5.76 Å². The van der Waals surface area contributed by atoms with Crippen LogP contribution in [-0.2, 0) is 16.0 Å². The number of carbonyl (C=O) groups is 1. The maximum Gasteiger partial charge on any atom is 0.287 e. The van der Waals surface area contributed by atoms with Crippen LogP contribution in [0.5, 0.6) is 0 Å². The summed E-state index contributed by atoms with van der Waals surface area (Å²) in [7, 11) is 0. The number of nitrogens with zero attached hydrogens (tertiary/aromatic N) is 4. The highest BCUT2D eigenvalue weighted by Gasteiger charge is 2.41. The molecule has 2 aliphatic rings. The van der Waals surface area contributed by atoms with Gasteiger partial charge in [-0.15, -0.1) is 0 Å². The van der Waals surface area contributed by atoms with Gasteiger partial charge in [-0.05, 0) is 18.6 Å². The van der Waals surface area contributed by atoms with Crippen molar-refractivity contribution >= 4 is 5.91 Å². The van der Waals surface area contributed by atoms with E-state index >= 15 is 0 Å². The number of aromatic nitrogens is 3. The molecule has 1 unspecified atom stereocenters. The molecule has 0 bridgehead atoms. The molecule has 2 aromatic rings. The average Bonchev–Trinajstić information content (AvgIpc) is 3.43. The molecule has 4 heterocycles. The minimum absolute atomic E-state index is 0.157. The van der Waals surface area contributed by atoms with Gasteiger partial charge >= 0.3 is 0 Å². The van der Waals surface area contributed by atoms with E-state index < -0.39 is 0 Å². The Kier molecular flexibility index (Phi) is 5.00. The Labute approximate surface area is 151 Å². The van der Waals surface area contributed by atoms with Gasteiger partial charge in [0.2, 0.25) is 0 Å². The smallest absolute Gasteiger partial charge is 0.287 e. The molecule has 0 saturated carbocycles. The quantitative estimate of drug-likeness (QED) is 0.782. The molecule has 1 N–H and O–H groups in total. The van der Waals surface area contributed by atoms with Gasteiger partial charge in [-0.25, -0.2) is 9.67 Å². The third-order valence-corrected chi connectivity index (χ3v) is 5.01. The predicted octanol–water partition coefficient (Wildman–Crippen LogP) is 0.141. The Balaban J connectivity index is 1.37. The zero-order valence-electron chi connectivity index (χ0n) is 14.6. The molecule has 0 spiro atoms. The monoisotopic (exact) mass is 361 g/mol. The minimum atomic E-state index is -0.214. The van der Waals surface area contributed by atoms with Gasteiger partial charge in [0.05, 0.1) is 25.4 Å². The molecule has 26 heavy (non-hydrogen) atoms. The second kappa shape index (κ2) is 7.56. The van der Waals surface area contributed by atoms with Crippen molar-refractivity contribution in [2.75, 3.05) is 46.1 Å². The summed E-state index contributed by atoms with van der Waals surface area (Å²) in [6, 6.07) is 3.47. The largest absolute Gasteiger partial charge is 0.454 e. The van der Waals surface area contributed by atoms with E-state index in [0.29, 0.717) is 31.2 Å². The van der Waals surface area contributed by atoms with Gasteiger partial charge in [0.1, 0.15) is 25.0 Å². The Morgan fingerprint density at radius 3 is 2.85 bits per heavy atom. The Morgan fingerprint density at radius 2 is 2.12 bits per heavy atom. The number of furan rings is 1. The fourth-order valence-corrected chi connectivity index (χ4v) is 3.53. The zero-order chi connectivity index (χ0) is 17.8. The Bertz CT molecular complexity index is 717. The van der Waals surface area contributed by atoms with Crippen molar-refractivity contribution in [3.63, 3.8) is 0 Å². The van der Waals surface area contributed by atoms with Crippen LogP contribution in [0.4, 0.5) is 0 Å². The average molecular weight is 361 g/mol. The summed E-state index contributed by atoms with van der Waals surface area (Å²) in [6.45, 7) is 5.49. The highest BCUT2D eigenvalue weighted by molar-refractivity contribution is 5.91. The summed E-state index contributed by atoms with van der Waals surface area (Å²) in [5.74, 6) is 0.748. The van der Waals surface area contributed by atoms with E-state index in [1.165, 1.54) is 6.33 Å². The molecule has 9 heteroatoms. The molecule has 9 nitrogen and oxygen atoms in total. The molecule has 140 valence electrons. The van der Waals surface area contributed by atoms with Crippen LogP contribution in [0, 0.1) is 0 Å². The topological polar surface area (TPSA) is 94.7 Å². The second-order valence-corrected chi connectivity index (χ2v) is 6.67. The summed E-state index contributed by atoms with van der Waals surface area (Å²) in [6.07, 6.45) is 3.97. The van der Waals surface area contributed by atoms with Gasteiger partial charge in [0.25, 0.3) is 5.91 Å². The Morgan fingerprint density at radius 1 is 1.23 bits per heavy atom. The lowest BCUT2D eigenvalue weighted by atomic mass is 9.95. The normalized spacial score (nSPS) is 24.0. The number of amides is 1. The molecule has 4 rings (SSSR count). The molecule has 0 aromatic carbocycles. The van der Waals surface area contributed by atoms with Crippen LogP contribution in [0.25, 0.3) is 0 Å². The standard InChI is InChI=1S/C17H23N5O4/c23-16(15-2-1-14(26-15)9-22-13-18-12-20-22)19-10-17(3-6-25-11-17)21-4-7-24-8-5-21/h1-2,12-13H,3-11H2,(H,19,23). The van der Waals surface area contributed by atoms with Crippen LogP contribution in [-0.4, -0.2) is 77.2 Å². The first-order valence-corrected chi connectivity index (χ1v) is 8.85. The third-order valence-electron chi connectivity index (χ3n) is 5.01. The van der Waals surface area contributed by atoms with E-state index in [9.17, 15) is 4.79 Å². The fourth-order valence-electron chi connectivity index (χ4n) is 3.53. The van der Waals surface area contributed by atoms with Crippen molar-refractivity contribution < 1.29 is 18.7 Å². The van der Waals surface area contributed by atoms with Crippen LogP contribution in [0.15, 0.2) is 29.2 Å². The number of ether oxygens (including phenoxy) is 2. The lowest BCUT2D eigenvalue weighted by molar-refractivity contribution is -0.0251. The van der Waals surface area contributed by atoms with Crippen molar-refractivity contribution in [3.05, 3.63) is 36.3 Å². The number of nitrogens with one attached hydrogen (secondary N) is 1. The van der Waals surface area contributed by atoms with E-state index in [4.69, 9.17) is 13.9 Å². The van der Waals surface area contributed by atoms with Gasteiger partial charge in [-0.1, -0.05) is 0 Å². The van der Waals surface area contributed by atoms with E-state index in [1.807, 2.05) is 0 Å². The highest BCUT2D eigenvalue weighted by atomic mass is 16.5. The van der Waals surface area contributed by atoms with Crippen molar-refractivity contribution in [1.29, 1.82) is 0 Å². The van der Waals surface area contributed by atoms with Gasteiger partial charge in [-0.3, -0.25) is 9.69 Å². The van der Waals surface area contributed by atoms with E-state index in [-0.39, 0.29) is 11.4 Å². The predicted molar refractivity (Wildman–Crippen MR) is 90.7 cm³/mol. The molecule has 2 fully saturated rings. The molecule has 2 aliphatic heterocycles. The summed E-state index contributed by atoms with van der Waals surface area (Å²) in [4.78, 5) is 18.8. The van der Waals surface area contributed by atoms with Crippen LogP contribution in [0.2, 0.25) is 0 Å². The number of hydrogen-bond acceptors (Lipinski definition) is 7. The molecule has 2 aromatic heterocycles. The first-order valence-electron chi connectivity index (χ1n) is 8.85.